The van der Waals surface area contributed by atoms with Gasteiger partial charge in [-0.05, 0) is 36.8 Å². The van der Waals surface area contributed by atoms with Crippen LogP contribution in [0.5, 0.6) is 5.75 Å². The topological polar surface area (TPSA) is 146 Å². The number of amides is 2. The molecule has 4 N–H and O–H groups in total. The second-order valence-electron chi connectivity index (χ2n) is 7.84. The minimum atomic E-state index is -0.970. The third kappa shape index (κ3) is 5.88. The van der Waals surface area contributed by atoms with Crippen LogP contribution in [0.1, 0.15) is 29.5 Å². The second kappa shape index (κ2) is 11.0. The Morgan fingerprint density at radius 1 is 1.11 bits per heavy atom. The van der Waals surface area contributed by atoms with Gasteiger partial charge in [0.25, 0.3) is 0 Å². The molecule has 36 heavy (non-hydrogen) atoms. The van der Waals surface area contributed by atoms with E-state index < -0.39 is 23.7 Å². The molecule has 10 nitrogen and oxygen atoms in total. The zero-order chi connectivity index (χ0) is 25.7. The van der Waals surface area contributed by atoms with E-state index in [1.807, 2.05) is 30.3 Å². The lowest BCUT2D eigenvalue weighted by Crippen LogP contribution is -2.20. The number of esters is 1. The van der Waals surface area contributed by atoms with Crippen molar-refractivity contribution in [3.63, 3.8) is 0 Å². The van der Waals surface area contributed by atoms with Crippen molar-refractivity contribution >= 4 is 44.2 Å². The van der Waals surface area contributed by atoms with Gasteiger partial charge in [0, 0.05) is 11.3 Å². The molecule has 4 aromatic rings. The monoisotopic (exact) mass is 508 g/mol. The molecule has 186 valence electrons. The van der Waals surface area contributed by atoms with E-state index in [9.17, 15) is 14.4 Å². The summed E-state index contributed by atoms with van der Waals surface area (Å²) in [7, 11) is 1.56. The van der Waals surface area contributed by atoms with Crippen molar-refractivity contribution in [2.45, 2.75) is 26.0 Å². The number of rotatable bonds is 8. The summed E-state index contributed by atoms with van der Waals surface area (Å²) in [5.41, 5.74) is 7.35. The molecule has 0 bridgehead atoms. The van der Waals surface area contributed by atoms with E-state index in [4.69, 9.17) is 19.6 Å². The number of methoxy groups -OCH3 is 1. The first kappa shape index (κ1) is 24.9. The maximum atomic E-state index is 12.7. The van der Waals surface area contributed by atoms with Gasteiger partial charge in [0.05, 0.1) is 19.6 Å². The maximum absolute atomic E-state index is 12.7. The molecule has 4 rings (SSSR count). The molecule has 2 aromatic carbocycles. The number of hydrogen-bond acceptors (Lipinski definition) is 9. The highest BCUT2D eigenvalue weighted by atomic mass is 32.1. The summed E-state index contributed by atoms with van der Waals surface area (Å²) in [6, 6.07) is 14.6. The van der Waals surface area contributed by atoms with Gasteiger partial charge in [-0.25, -0.2) is 14.6 Å². The number of carbonyl (C=O) groups excluding carboxylic acids is 2. The van der Waals surface area contributed by atoms with Crippen LogP contribution in [-0.2, 0) is 16.1 Å². The molecule has 2 amide bonds. The van der Waals surface area contributed by atoms with E-state index in [2.05, 4.69) is 15.6 Å². The molecule has 0 spiro atoms. The first-order valence-electron chi connectivity index (χ1n) is 11.0. The van der Waals surface area contributed by atoms with Gasteiger partial charge in [-0.3, -0.25) is 10.1 Å². The van der Waals surface area contributed by atoms with Crippen LogP contribution in [-0.4, -0.2) is 24.1 Å². The number of nitrogens with two attached hydrogens (primary N) is 1. The van der Waals surface area contributed by atoms with Gasteiger partial charge in [-0.1, -0.05) is 41.7 Å². The van der Waals surface area contributed by atoms with Gasteiger partial charge >= 0.3 is 17.6 Å². The first-order chi connectivity index (χ1) is 17.3. The molecule has 2 aromatic heterocycles. The number of fused-ring (bicyclic) bond motifs is 1. The lowest BCUT2D eigenvalue weighted by atomic mass is 10.2. The van der Waals surface area contributed by atoms with Gasteiger partial charge in [0.15, 0.2) is 0 Å². The van der Waals surface area contributed by atoms with Gasteiger partial charge < -0.3 is 24.9 Å². The van der Waals surface area contributed by atoms with Crippen LogP contribution in [0.2, 0.25) is 0 Å². The van der Waals surface area contributed by atoms with Crippen LogP contribution < -0.4 is 26.7 Å². The summed E-state index contributed by atoms with van der Waals surface area (Å²) < 4.78 is 15.6. The Balaban J connectivity index is 1.43. The number of urea groups is 1. The molecule has 1 unspecified atom stereocenters. The molecule has 0 aliphatic rings. The largest absolute Gasteiger partial charge is 0.497 e. The average molecular weight is 509 g/mol. The van der Waals surface area contributed by atoms with E-state index in [0.29, 0.717) is 26.8 Å². The third-order valence-electron chi connectivity index (χ3n) is 5.26. The SMILES string of the molecule is COc1ccc(NC(=O)Nc2sc3nc(C(N)CC(=O)OCc4ccccc4)oc(=O)c3c2C)cc1. The minimum absolute atomic E-state index is 0.0837. The molecule has 1 atom stereocenters. The third-order valence-corrected chi connectivity index (χ3v) is 6.36. The molecular formula is C25H24N4O6S. The number of thiophene rings is 1. The Bertz CT molecular complexity index is 1430. The Kier molecular flexibility index (Phi) is 7.62. The quantitative estimate of drug-likeness (QED) is 0.298. The minimum Gasteiger partial charge on any atom is -0.497 e. The van der Waals surface area contributed by atoms with Crippen LogP contribution in [0.25, 0.3) is 10.2 Å². The molecule has 0 fully saturated rings. The van der Waals surface area contributed by atoms with Crippen LogP contribution >= 0.6 is 11.3 Å². The van der Waals surface area contributed by atoms with Crippen molar-refractivity contribution in [1.29, 1.82) is 0 Å². The Labute approximate surface area is 210 Å². The number of nitrogens with one attached hydrogen (secondary N) is 2. The van der Waals surface area contributed by atoms with E-state index in [0.717, 1.165) is 16.9 Å². The van der Waals surface area contributed by atoms with Crippen molar-refractivity contribution in [2.75, 3.05) is 17.7 Å². The lowest BCUT2D eigenvalue weighted by molar-refractivity contribution is -0.145. The highest BCUT2D eigenvalue weighted by Gasteiger charge is 2.22. The standard InChI is InChI=1S/C25H24N4O6S/c1-14-20-23(36-22(14)29-25(32)27-16-8-10-17(33-2)11-9-16)28-21(35-24(20)31)18(26)12-19(30)34-13-15-6-4-3-5-7-15/h3-11,18H,12-13,26H2,1-2H3,(H2,27,29,32). The first-order valence-corrected chi connectivity index (χ1v) is 11.8. The molecule has 0 saturated heterocycles. The van der Waals surface area contributed by atoms with Gasteiger partial charge in [-0.15, -0.1) is 0 Å². The van der Waals surface area contributed by atoms with Crippen LogP contribution in [0.3, 0.4) is 0 Å². The smallest absolute Gasteiger partial charge is 0.348 e. The predicted octanol–water partition coefficient (Wildman–Crippen LogP) is 4.34. The maximum Gasteiger partial charge on any atom is 0.348 e. The van der Waals surface area contributed by atoms with Gasteiger partial charge in [0.1, 0.15) is 27.6 Å². The number of anilines is 2. The molecule has 2 heterocycles. The lowest BCUT2D eigenvalue weighted by Gasteiger charge is -2.09. The van der Waals surface area contributed by atoms with Gasteiger partial charge in [-0.2, -0.15) is 0 Å². The summed E-state index contributed by atoms with van der Waals surface area (Å²) in [6.45, 7) is 1.79. The van der Waals surface area contributed by atoms with Crippen LogP contribution in [0.15, 0.2) is 63.8 Å². The molecule has 0 radical (unpaired) electrons. The van der Waals surface area contributed by atoms with Crippen molar-refractivity contribution in [2.24, 2.45) is 5.73 Å². The van der Waals surface area contributed by atoms with E-state index >= 15 is 0 Å². The van der Waals surface area contributed by atoms with Crippen molar-refractivity contribution in [3.8, 4) is 5.75 Å². The summed E-state index contributed by atoms with van der Waals surface area (Å²) in [6.07, 6.45) is -0.214. The molecule has 0 saturated carbocycles. The Morgan fingerprint density at radius 2 is 1.83 bits per heavy atom. The number of aromatic nitrogens is 1. The highest BCUT2D eigenvalue weighted by molar-refractivity contribution is 7.22. The highest BCUT2D eigenvalue weighted by Crippen LogP contribution is 2.33. The average Bonchev–Trinajstić information content (AvgIpc) is 3.18. The fraction of sp³-hybridized carbons (Fsp3) is 0.200. The van der Waals surface area contributed by atoms with Crippen molar-refractivity contribution in [1.82, 2.24) is 4.98 Å². The number of carbonyl (C=O) groups is 2. The molecule has 11 heteroatoms. The summed E-state index contributed by atoms with van der Waals surface area (Å²) in [5, 5.41) is 6.11. The van der Waals surface area contributed by atoms with Crippen LogP contribution in [0.4, 0.5) is 15.5 Å². The number of hydrogen-bond donors (Lipinski definition) is 3. The summed E-state index contributed by atoms with van der Waals surface area (Å²) in [4.78, 5) is 42.0. The van der Waals surface area contributed by atoms with Crippen molar-refractivity contribution < 1.29 is 23.5 Å². The number of ether oxygens (including phenoxy) is 2. The summed E-state index contributed by atoms with van der Waals surface area (Å²) >= 11 is 1.11. The normalized spacial score (nSPS) is 11.6. The molecule has 0 aliphatic heterocycles. The fourth-order valence-electron chi connectivity index (χ4n) is 3.37. The van der Waals surface area contributed by atoms with Crippen molar-refractivity contribution in [3.05, 3.63) is 82.0 Å². The Morgan fingerprint density at radius 3 is 2.53 bits per heavy atom. The van der Waals surface area contributed by atoms with E-state index in [1.165, 1.54) is 0 Å². The molecular weight excluding hydrogens is 484 g/mol. The predicted molar refractivity (Wildman–Crippen MR) is 136 cm³/mol. The summed E-state index contributed by atoms with van der Waals surface area (Å²) in [5.74, 6) is 0.0352. The number of aryl methyl sites for hydroxylation is 1. The number of benzene rings is 2. The molecule has 0 aliphatic carbocycles. The zero-order valence-electron chi connectivity index (χ0n) is 19.6. The fourth-order valence-corrected chi connectivity index (χ4v) is 4.43. The Hall–Kier alpha value is -4.22. The van der Waals surface area contributed by atoms with E-state index in [-0.39, 0.29) is 24.3 Å². The van der Waals surface area contributed by atoms with Gasteiger partial charge in [0.2, 0.25) is 5.89 Å². The second-order valence-corrected chi connectivity index (χ2v) is 8.84. The zero-order valence-corrected chi connectivity index (χ0v) is 20.4. The van der Waals surface area contributed by atoms with E-state index in [1.54, 1.807) is 38.3 Å². The number of nitrogens with zero attached hydrogens (tertiary/aromatic N) is 1. The van der Waals surface area contributed by atoms with Crippen LogP contribution in [0, 0.1) is 6.92 Å².